The number of amides is 2. The maximum Gasteiger partial charge on any atom is 0.251 e. The van der Waals surface area contributed by atoms with Crippen LogP contribution in [0.2, 0.25) is 0 Å². The summed E-state index contributed by atoms with van der Waals surface area (Å²) >= 11 is 1.15. The van der Waals surface area contributed by atoms with Gasteiger partial charge in [0.25, 0.3) is 5.91 Å². The highest BCUT2D eigenvalue weighted by atomic mass is 32.1. The van der Waals surface area contributed by atoms with E-state index in [9.17, 15) is 9.59 Å². The zero-order chi connectivity index (χ0) is 18.3. The molecule has 1 aromatic heterocycles. The van der Waals surface area contributed by atoms with E-state index in [4.69, 9.17) is 0 Å². The van der Waals surface area contributed by atoms with Gasteiger partial charge in [-0.25, -0.2) is 0 Å². The van der Waals surface area contributed by atoms with E-state index in [0.29, 0.717) is 17.4 Å². The number of fused-ring (bicyclic) bond motifs is 2. The Bertz CT molecular complexity index is 836. The molecule has 4 rings (SSSR count). The predicted octanol–water partition coefficient (Wildman–Crippen LogP) is 2.75. The molecule has 0 spiro atoms. The van der Waals surface area contributed by atoms with Gasteiger partial charge in [-0.2, -0.15) is 8.75 Å². The zero-order valence-corrected chi connectivity index (χ0v) is 15.9. The molecule has 2 aromatic rings. The number of carbonyl (C=O) groups excluding carboxylic acids is 2. The molecule has 2 heterocycles. The van der Waals surface area contributed by atoms with Crippen molar-refractivity contribution in [3.8, 4) is 0 Å². The first-order valence-corrected chi connectivity index (χ1v) is 10.1. The van der Waals surface area contributed by atoms with Crippen LogP contribution in [0.15, 0.2) is 18.2 Å². The summed E-state index contributed by atoms with van der Waals surface area (Å²) in [4.78, 5) is 25.0. The fourth-order valence-corrected chi connectivity index (χ4v) is 5.21. The molecule has 6 nitrogen and oxygen atoms in total. The standard InChI is InChI=1S/C19H24N4O2S/c1-3-13-10(2)14-6-5-12(9-16(14)21-19(13)25)20-18(24)11-4-7-15-17(8-11)23-26-22-15/h4,7-8,10,12-14,16H,3,5-6,9H2,1-2H3,(H,20,24)(H,21,25). The highest BCUT2D eigenvalue weighted by Gasteiger charge is 2.43. The van der Waals surface area contributed by atoms with E-state index >= 15 is 0 Å². The lowest BCUT2D eigenvalue weighted by atomic mass is 9.67. The summed E-state index contributed by atoms with van der Waals surface area (Å²) in [6, 6.07) is 5.68. The van der Waals surface area contributed by atoms with Crippen molar-refractivity contribution in [1.82, 2.24) is 19.4 Å². The van der Waals surface area contributed by atoms with E-state index in [0.717, 1.165) is 48.4 Å². The number of carbonyl (C=O) groups is 2. The van der Waals surface area contributed by atoms with E-state index in [1.165, 1.54) is 0 Å². The minimum Gasteiger partial charge on any atom is -0.353 e. The Balaban J connectivity index is 1.42. The first-order valence-electron chi connectivity index (χ1n) is 9.40. The number of hydrogen-bond acceptors (Lipinski definition) is 5. The number of aromatic nitrogens is 2. The van der Waals surface area contributed by atoms with Gasteiger partial charge < -0.3 is 10.6 Å². The van der Waals surface area contributed by atoms with E-state index < -0.39 is 0 Å². The highest BCUT2D eigenvalue weighted by Crippen LogP contribution is 2.38. The molecule has 1 saturated carbocycles. The lowest BCUT2D eigenvalue weighted by Crippen LogP contribution is -2.58. The molecule has 2 fully saturated rings. The van der Waals surface area contributed by atoms with Gasteiger partial charge in [0.2, 0.25) is 5.91 Å². The molecule has 1 aliphatic carbocycles. The van der Waals surface area contributed by atoms with Crippen LogP contribution in [0.3, 0.4) is 0 Å². The van der Waals surface area contributed by atoms with Crippen LogP contribution in [0.5, 0.6) is 0 Å². The van der Waals surface area contributed by atoms with Crippen molar-refractivity contribution < 1.29 is 9.59 Å². The normalized spacial score (nSPS) is 31.3. The maximum atomic E-state index is 12.6. The molecule has 2 aliphatic rings. The topological polar surface area (TPSA) is 84.0 Å². The second-order valence-corrected chi connectivity index (χ2v) is 8.13. The molecule has 1 aromatic carbocycles. The Morgan fingerprint density at radius 3 is 2.92 bits per heavy atom. The number of nitrogens with zero attached hydrogens (tertiary/aromatic N) is 2. The second kappa shape index (κ2) is 6.95. The molecule has 2 amide bonds. The minimum atomic E-state index is -0.0787. The van der Waals surface area contributed by atoms with Crippen LogP contribution in [-0.4, -0.2) is 32.6 Å². The molecule has 5 atom stereocenters. The fourth-order valence-electron chi connectivity index (χ4n) is 4.70. The number of benzene rings is 1. The van der Waals surface area contributed by atoms with Crippen molar-refractivity contribution >= 4 is 34.6 Å². The Morgan fingerprint density at radius 2 is 2.12 bits per heavy atom. The summed E-state index contributed by atoms with van der Waals surface area (Å²) in [5, 5.41) is 6.35. The molecular formula is C19H24N4O2S. The average Bonchev–Trinajstić information content (AvgIpc) is 3.09. The molecule has 26 heavy (non-hydrogen) atoms. The van der Waals surface area contributed by atoms with Gasteiger partial charge in [0.05, 0.1) is 11.7 Å². The van der Waals surface area contributed by atoms with Crippen LogP contribution >= 0.6 is 11.7 Å². The summed E-state index contributed by atoms with van der Waals surface area (Å²) < 4.78 is 8.36. The summed E-state index contributed by atoms with van der Waals surface area (Å²) in [6.07, 6.45) is 3.71. The molecule has 1 aliphatic heterocycles. The van der Waals surface area contributed by atoms with E-state index in [2.05, 4.69) is 33.2 Å². The lowest BCUT2D eigenvalue weighted by molar-refractivity contribution is -0.133. The largest absolute Gasteiger partial charge is 0.353 e. The SMILES string of the molecule is CCC1C(=O)NC2CC(NC(=O)c3ccc4nsnc4c3)CCC2C1C. The van der Waals surface area contributed by atoms with Crippen molar-refractivity contribution in [2.45, 2.75) is 51.6 Å². The van der Waals surface area contributed by atoms with Gasteiger partial charge in [-0.1, -0.05) is 13.8 Å². The zero-order valence-electron chi connectivity index (χ0n) is 15.1. The van der Waals surface area contributed by atoms with Gasteiger partial charge in [-0.15, -0.1) is 0 Å². The smallest absolute Gasteiger partial charge is 0.251 e. The van der Waals surface area contributed by atoms with E-state index in [1.54, 1.807) is 12.1 Å². The second-order valence-electron chi connectivity index (χ2n) is 7.60. The van der Waals surface area contributed by atoms with E-state index in [-0.39, 0.29) is 29.8 Å². The van der Waals surface area contributed by atoms with Crippen LogP contribution in [0, 0.1) is 17.8 Å². The molecule has 1 saturated heterocycles. The molecule has 5 unspecified atom stereocenters. The van der Waals surface area contributed by atoms with Gasteiger partial charge in [0.1, 0.15) is 11.0 Å². The molecule has 0 radical (unpaired) electrons. The molecule has 2 N–H and O–H groups in total. The third-order valence-corrected chi connectivity index (χ3v) is 6.73. The predicted molar refractivity (Wildman–Crippen MR) is 101 cm³/mol. The average molecular weight is 372 g/mol. The van der Waals surface area contributed by atoms with Gasteiger partial charge in [-0.3, -0.25) is 9.59 Å². The summed E-state index contributed by atoms with van der Waals surface area (Å²) in [5.41, 5.74) is 2.18. The maximum absolute atomic E-state index is 12.6. The number of hydrogen-bond donors (Lipinski definition) is 2. The van der Waals surface area contributed by atoms with Crippen LogP contribution in [0.4, 0.5) is 0 Å². The molecular weight excluding hydrogens is 348 g/mol. The number of nitrogens with one attached hydrogen (secondary N) is 2. The van der Waals surface area contributed by atoms with Crippen LogP contribution in [0.25, 0.3) is 11.0 Å². The van der Waals surface area contributed by atoms with Crippen molar-refractivity contribution in [3.63, 3.8) is 0 Å². The van der Waals surface area contributed by atoms with Crippen LogP contribution < -0.4 is 10.6 Å². The van der Waals surface area contributed by atoms with Crippen molar-refractivity contribution in [3.05, 3.63) is 23.8 Å². The lowest BCUT2D eigenvalue weighted by Gasteiger charge is -2.46. The third kappa shape index (κ3) is 3.09. The molecule has 138 valence electrons. The Kier molecular flexibility index (Phi) is 4.65. The van der Waals surface area contributed by atoms with Gasteiger partial charge >= 0.3 is 0 Å². The Labute approximate surface area is 157 Å². The van der Waals surface area contributed by atoms with Gasteiger partial charge in [0.15, 0.2) is 0 Å². The minimum absolute atomic E-state index is 0.0787. The Hall–Kier alpha value is -2.02. The van der Waals surface area contributed by atoms with Gasteiger partial charge in [-0.05, 0) is 55.7 Å². The Morgan fingerprint density at radius 1 is 1.31 bits per heavy atom. The van der Waals surface area contributed by atoms with Gasteiger partial charge in [0, 0.05) is 23.6 Å². The van der Waals surface area contributed by atoms with Crippen molar-refractivity contribution in [2.75, 3.05) is 0 Å². The van der Waals surface area contributed by atoms with Crippen LogP contribution in [0.1, 0.15) is 49.9 Å². The summed E-state index contributed by atoms with van der Waals surface area (Å²) in [5.74, 6) is 1.15. The summed E-state index contributed by atoms with van der Waals surface area (Å²) in [6.45, 7) is 4.29. The number of rotatable bonds is 3. The van der Waals surface area contributed by atoms with Crippen LogP contribution in [-0.2, 0) is 4.79 Å². The fraction of sp³-hybridized carbons (Fsp3) is 0.579. The molecule has 0 bridgehead atoms. The monoisotopic (exact) mass is 372 g/mol. The van der Waals surface area contributed by atoms with Crippen molar-refractivity contribution in [1.29, 1.82) is 0 Å². The first-order chi connectivity index (χ1) is 12.6. The van der Waals surface area contributed by atoms with E-state index in [1.807, 2.05) is 6.07 Å². The summed E-state index contributed by atoms with van der Waals surface area (Å²) in [7, 11) is 0. The van der Waals surface area contributed by atoms with Crippen molar-refractivity contribution in [2.24, 2.45) is 17.8 Å². The highest BCUT2D eigenvalue weighted by molar-refractivity contribution is 7.00. The number of piperidine rings is 1. The third-order valence-electron chi connectivity index (χ3n) is 6.17. The quantitative estimate of drug-likeness (QED) is 0.868. The molecule has 7 heteroatoms. The first kappa shape index (κ1) is 17.4.